The number of methoxy groups -OCH3 is 2. The van der Waals surface area contributed by atoms with E-state index in [0.717, 1.165) is 30.5 Å². The van der Waals surface area contributed by atoms with Crippen molar-refractivity contribution in [2.45, 2.75) is 71.4 Å². The highest BCUT2D eigenvalue weighted by molar-refractivity contribution is 5.94. The predicted octanol–water partition coefficient (Wildman–Crippen LogP) is 4.05. The number of rotatable bonds is 12. The average molecular weight is 529 g/mol. The Labute approximate surface area is 224 Å². The molecule has 3 atom stereocenters. The summed E-state index contributed by atoms with van der Waals surface area (Å²) in [6.45, 7) is 5.77. The third kappa shape index (κ3) is 7.49. The molecular formula is C28H40N4O6. The third-order valence-corrected chi connectivity index (χ3v) is 6.87. The quantitative estimate of drug-likeness (QED) is 0.379. The molecule has 1 saturated carbocycles. The first-order chi connectivity index (χ1) is 18.1. The zero-order valence-electron chi connectivity index (χ0n) is 23.0. The van der Waals surface area contributed by atoms with Crippen LogP contribution in [0.15, 0.2) is 24.3 Å². The van der Waals surface area contributed by atoms with Gasteiger partial charge in [0.25, 0.3) is 5.91 Å². The van der Waals surface area contributed by atoms with Crippen molar-refractivity contribution < 1.29 is 29.0 Å². The van der Waals surface area contributed by atoms with Crippen molar-refractivity contribution in [1.29, 1.82) is 0 Å². The minimum atomic E-state index is -1.12. The fraction of sp³-hybridized carbons (Fsp3) is 0.571. The van der Waals surface area contributed by atoms with Crippen molar-refractivity contribution in [3.8, 4) is 22.8 Å². The molecule has 1 heterocycles. The van der Waals surface area contributed by atoms with E-state index in [1.807, 2.05) is 36.7 Å². The first kappa shape index (κ1) is 29.0. The molecule has 1 fully saturated rings. The van der Waals surface area contributed by atoms with Crippen molar-refractivity contribution in [1.82, 2.24) is 20.4 Å². The summed E-state index contributed by atoms with van der Waals surface area (Å²) < 4.78 is 13.3. The van der Waals surface area contributed by atoms with Crippen LogP contribution in [0.5, 0.6) is 11.5 Å². The predicted molar refractivity (Wildman–Crippen MR) is 143 cm³/mol. The smallest absolute Gasteiger partial charge is 0.322 e. The number of benzene rings is 1. The summed E-state index contributed by atoms with van der Waals surface area (Å²) in [5, 5.41) is 19.0. The molecule has 2 amide bonds. The van der Waals surface area contributed by atoms with Gasteiger partial charge < -0.3 is 25.2 Å². The summed E-state index contributed by atoms with van der Waals surface area (Å²) in [5.74, 6) is 0.0523. The number of carbonyl (C=O) groups excluding carboxylic acids is 2. The lowest BCUT2D eigenvalue weighted by atomic mass is 9.87. The van der Waals surface area contributed by atoms with Crippen LogP contribution in [0.1, 0.15) is 75.8 Å². The van der Waals surface area contributed by atoms with E-state index in [1.165, 1.54) is 6.42 Å². The minimum absolute atomic E-state index is 0.0226. The van der Waals surface area contributed by atoms with Crippen LogP contribution in [0.2, 0.25) is 0 Å². The van der Waals surface area contributed by atoms with Gasteiger partial charge in [-0.3, -0.25) is 19.1 Å². The molecule has 10 nitrogen and oxygen atoms in total. The Morgan fingerprint density at radius 2 is 1.84 bits per heavy atom. The molecular weight excluding hydrogens is 488 g/mol. The molecule has 0 bridgehead atoms. The molecule has 0 aliphatic heterocycles. The van der Waals surface area contributed by atoms with Gasteiger partial charge in [0.2, 0.25) is 5.91 Å². The van der Waals surface area contributed by atoms with Crippen molar-refractivity contribution in [2.24, 2.45) is 11.8 Å². The molecule has 10 heteroatoms. The van der Waals surface area contributed by atoms with E-state index in [-0.39, 0.29) is 30.0 Å². The van der Waals surface area contributed by atoms with Gasteiger partial charge in [-0.25, -0.2) is 0 Å². The monoisotopic (exact) mass is 528 g/mol. The molecule has 2 aromatic rings. The Kier molecular flexibility index (Phi) is 10.2. The van der Waals surface area contributed by atoms with E-state index < -0.39 is 24.5 Å². The first-order valence-electron chi connectivity index (χ1n) is 13.2. The van der Waals surface area contributed by atoms with Crippen LogP contribution >= 0.6 is 0 Å². The van der Waals surface area contributed by atoms with Crippen LogP contribution in [0.25, 0.3) is 11.3 Å². The Morgan fingerprint density at radius 3 is 2.42 bits per heavy atom. The Hall–Kier alpha value is -3.56. The number of nitrogens with one attached hydrogen (secondary N) is 2. The second-order valence-electron chi connectivity index (χ2n) is 10.5. The standard InChI is InChI=1S/C28H40N4O6/c1-17(2)12-19(14-25(33)29-16-26(34)35)30-28(36)21-15-22(27-23(37-4)10-7-11-24(27)38-5)32(31-21)20-9-6-8-18(3)13-20/h7,10-11,15,17-20H,6,8-9,12-14,16H2,1-5H3,(H,29,33)(H,30,36)(H,34,35). The highest BCUT2D eigenvalue weighted by Crippen LogP contribution is 2.42. The molecule has 1 aromatic carbocycles. The topological polar surface area (TPSA) is 132 Å². The van der Waals surface area contributed by atoms with Gasteiger partial charge in [-0.1, -0.05) is 39.7 Å². The second kappa shape index (κ2) is 13.3. The van der Waals surface area contributed by atoms with Crippen LogP contribution in [0.4, 0.5) is 0 Å². The SMILES string of the molecule is COc1cccc(OC)c1-c1cc(C(=O)NC(CC(=O)NCC(=O)O)CC(C)C)nn1C1CCCC(C)C1. The number of aromatic nitrogens is 2. The molecule has 1 aromatic heterocycles. The van der Waals surface area contributed by atoms with Gasteiger partial charge in [0, 0.05) is 12.5 Å². The lowest BCUT2D eigenvalue weighted by molar-refractivity contribution is -0.138. The summed E-state index contributed by atoms with van der Waals surface area (Å²) in [7, 11) is 3.20. The second-order valence-corrected chi connectivity index (χ2v) is 10.5. The van der Waals surface area contributed by atoms with Gasteiger partial charge in [-0.15, -0.1) is 0 Å². The lowest BCUT2D eigenvalue weighted by Crippen LogP contribution is -2.41. The molecule has 1 aliphatic rings. The zero-order chi connectivity index (χ0) is 27.8. The summed E-state index contributed by atoms with van der Waals surface area (Å²) >= 11 is 0. The van der Waals surface area contributed by atoms with E-state index in [1.54, 1.807) is 20.3 Å². The highest BCUT2D eigenvalue weighted by atomic mass is 16.5. The Balaban J connectivity index is 1.96. The Morgan fingerprint density at radius 1 is 1.16 bits per heavy atom. The number of carbonyl (C=O) groups is 3. The fourth-order valence-electron chi connectivity index (χ4n) is 5.19. The number of hydrogen-bond acceptors (Lipinski definition) is 6. The largest absolute Gasteiger partial charge is 0.496 e. The van der Waals surface area contributed by atoms with Gasteiger partial charge in [-0.2, -0.15) is 5.10 Å². The van der Waals surface area contributed by atoms with Crippen molar-refractivity contribution in [2.75, 3.05) is 20.8 Å². The van der Waals surface area contributed by atoms with E-state index in [9.17, 15) is 14.4 Å². The van der Waals surface area contributed by atoms with Crippen molar-refractivity contribution in [3.05, 3.63) is 30.0 Å². The van der Waals surface area contributed by atoms with Crippen LogP contribution in [0, 0.1) is 11.8 Å². The van der Waals surface area contributed by atoms with Gasteiger partial charge >= 0.3 is 5.97 Å². The fourth-order valence-corrected chi connectivity index (χ4v) is 5.19. The van der Waals surface area contributed by atoms with Gasteiger partial charge in [0.05, 0.1) is 31.5 Å². The van der Waals surface area contributed by atoms with Gasteiger partial charge in [-0.05, 0) is 49.3 Å². The number of hydrogen-bond donors (Lipinski definition) is 3. The molecule has 3 N–H and O–H groups in total. The van der Waals surface area contributed by atoms with Crippen molar-refractivity contribution in [3.63, 3.8) is 0 Å². The van der Waals surface area contributed by atoms with E-state index in [2.05, 4.69) is 17.6 Å². The third-order valence-electron chi connectivity index (χ3n) is 6.87. The normalized spacial score (nSPS) is 18.1. The highest BCUT2D eigenvalue weighted by Gasteiger charge is 2.29. The molecule has 208 valence electrons. The summed E-state index contributed by atoms with van der Waals surface area (Å²) in [4.78, 5) is 36.6. The number of carboxylic acids is 1. The van der Waals surface area contributed by atoms with Crippen LogP contribution in [-0.4, -0.2) is 59.5 Å². The van der Waals surface area contributed by atoms with Crippen LogP contribution in [0.3, 0.4) is 0 Å². The molecule has 0 saturated heterocycles. The molecule has 3 unspecified atom stereocenters. The minimum Gasteiger partial charge on any atom is -0.496 e. The Bertz CT molecular complexity index is 1110. The van der Waals surface area contributed by atoms with Gasteiger partial charge in [0.15, 0.2) is 5.69 Å². The molecule has 1 aliphatic carbocycles. The number of aliphatic carboxylic acids is 1. The number of ether oxygens (including phenoxy) is 2. The average Bonchev–Trinajstić information content (AvgIpc) is 3.31. The van der Waals surface area contributed by atoms with Gasteiger partial charge in [0.1, 0.15) is 18.0 Å². The molecule has 3 rings (SSSR count). The summed E-state index contributed by atoms with van der Waals surface area (Å²) in [6.07, 6.45) is 4.69. The maximum absolute atomic E-state index is 13.5. The first-order valence-corrected chi connectivity index (χ1v) is 13.2. The van der Waals surface area contributed by atoms with Crippen molar-refractivity contribution >= 4 is 17.8 Å². The number of carboxylic acid groups (broad SMARTS) is 1. The molecule has 0 radical (unpaired) electrons. The van der Waals surface area contributed by atoms with Crippen LogP contribution in [-0.2, 0) is 9.59 Å². The maximum Gasteiger partial charge on any atom is 0.322 e. The molecule has 38 heavy (non-hydrogen) atoms. The summed E-state index contributed by atoms with van der Waals surface area (Å²) in [5.41, 5.74) is 1.71. The van der Waals surface area contributed by atoms with E-state index >= 15 is 0 Å². The maximum atomic E-state index is 13.5. The number of amides is 2. The van der Waals surface area contributed by atoms with E-state index in [4.69, 9.17) is 19.7 Å². The lowest BCUT2D eigenvalue weighted by Gasteiger charge is -2.28. The number of nitrogens with zero attached hydrogens (tertiary/aromatic N) is 2. The van der Waals surface area contributed by atoms with Crippen LogP contribution < -0.4 is 20.1 Å². The molecule has 0 spiro atoms. The van der Waals surface area contributed by atoms with E-state index in [0.29, 0.717) is 23.8 Å². The zero-order valence-corrected chi connectivity index (χ0v) is 23.0. The summed E-state index contributed by atoms with van der Waals surface area (Å²) in [6, 6.07) is 6.97.